The number of nitrogens with zero attached hydrogens (tertiary/aromatic N) is 1. The molecule has 0 bridgehead atoms. The third kappa shape index (κ3) is 4.56. The van der Waals surface area contributed by atoms with Gasteiger partial charge in [-0.2, -0.15) is 0 Å². The predicted octanol–water partition coefficient (Wildman–Crippen LogP) is 2.85. The van der Waals surface area contributed by atoms with Crippen LogP contribution in [0.15, 0.2) is 40.1 Å². The number of nitrogens with one attached hydrogen (secondary N) is 1. The molecule has 0 spiro atoms. The van der Waals surface area contributed by atoms with Crippen molar-refractivity contribution in [1.82, 2.24) is 10.2 Å². The van der Waals surface area contributed by atoms with Gasteiger partial charge in [-0.05, 0) is 36.6 Å². The molecule has 3 rings (SSSR count). The molecule has 24 heavy (non-hydrogen) atoms. The SMILES string of the molecule is Cc1ccc(/C=C/C(=O)NCC(c2cccs2)N2CCOCC2)o1. The van der Waals surface area contributed by atoms with Crippen LogP contribution in [0.5, 0.6) is 0 Å². The summed E-state index contributed by atoms with van der Waals surface area (Å²) >= 11 is 1.72. The van der Waals surface area contributed by atoms with Gasteiger partial charge in [0.2, 0.25) is 5.91 Å². The van der Waals surface area contributed by atoms with E-state index in [2.05, 4.69) is 27.7 Å². The lowest BCUT2D eigenvalue weighted by Crippen LogP contribution is -2.43. The first-order valence-electron chi connectivity index (χ1n) is 8.10. The Bertz CT molecular complexity index is 672. The van der Waals surface area contributed by atoms with Gasteiger partial charge in [0.25, 0.3) is 0 Å². The molecule has 0 aliphatic carbocycles. The normalized spacial score (nSPS) is 17.2. The minimum atomic E-state index is -0.112. The zero-order valence-electron chi connectivity index (χ0n) is 13.7. The largest absolute Gasteiger partial charge is 0.462 e. The lowest BCUT2D eigenvalue weighted by molar-refractivity contribution is -0.116. The highest BCUT2D eigenvalue weighted by Gasteiger charge is 2.23. The van der Waals surface area contributed by atoms with Crippen LogP contribution in [0.2, 0.25) is 0 Å². The van der Waals surface area contributed by atoms with Gasteiger partial charge in [0.15, 0.2) is 0 Å². The van der Waals surface area contributed by atoms with Crippen LogP contribution in [0.3, 0.4) is 0 Å². The number of hydrogen-bond acceptors (Lipinski definition) is 5. The highest BCUT2D eigenvalue weighted by atomic mass is 32.1. The van der Waals surface area contributed by atoms with Crippen LogP contribution in [-0.4, -0.2) is 43.7 Å². The van der Waals surface area contributed by atoms with Gasteiger partial charge in [0.05, 0.1) is 19.3 Å². The molecular weight excluding hydrogens is 324 g/mol. The van der Waals surface area contributed by atoms with Crippen molar-refractivity contribution in [3.63, 3.8) is 0 Å². The summed E-state index contributed by atoms with van der Waals surface area (Å²) < 4.78 is 10.9. The Balaban J connectivity index is 1.58. The molecule has 0 aromatic carbocycles. The van der Waals surface area contributed by atoms with E-state index in [1.54, 1.807) is 17.4 Å². The topological polar surface area (TPSA) is 54.7 Å². The van der Waals surface area contributed by atoms with Crippen LogP contribution >= 0.6 is 11.3 Å². The van der Waals surface area contributed by atoms with Gasteiger partial charge in [-0.1, -0.05) is 6.07 Å². The van der Waals surface area contributed by atoms with Crippen molar-refractivity contribution in [3.8, 4) is 0 Å². The zero-order valence-corrected chi connectivity index (χ0v) is 14.6. The van der Waals surface area contributed by atoms with E-state index >= 15 is 0 Å². The lowest BCUT2D eigenvalue weighted by Gasteiger charge is -2.34. The van der Waals surface area contributed by atoms with Crippen LogP contribution in [-0.2, 0) is 9.53 Å². The molecule has 128 valence electrons. The van der Waals surface area contributed by atoms with Crippen molar-refractivity contribution in [2.75, 3.05) is 32.8 Å². The Hall–Kier alpha value is -1.89. The number of morpholine rings is 1. The van der Waals surface area contributed by atoms with E-state index in [0.717, 1.165) is 32.1 Å². The van der Waals surface area contributed by atoms with E-state index in [0.29, 0.717) is 12.3 Å². The van der Waals surface area contributed by atoms with E-state index < -0.39 is 0 Å². The summed E-state index contributed by atoms with van der Waals surface area (Å²) in [6.45, 7) is 5.73. The third-order valence-corrected chi connectivity index (χ3v) is 4.96. The van der Waals surface area contributed by atoms with E-state index in [4.69, 9.17) is 9.15 Å². The van der Waals surface area contributed by atoms with Crippen LogP contribution in [0.25, 0.3) is 6.08 Å². The maximum atomic E-state index is 12.1. The number of aryl methyl sites for hydroxylation is 1. The van der Waals surface area contributed by atoms with Gasteiger partial charge in [0, 0.05) is 30.6 Å². The molecule has 2 aromatic heterocycles. The number of hydrogen-bond donors (Lipinski definition) is 1. The number of ether oxygens (including phenoxy) is 1. The smallest absolute Gasteiger partial charge is 0.244 e. The first-order chi connectivity index (χ1) is 11.7. The summed E-state index contributed by atoms with van der Waals surface area (Å²) in [5.74, 6) is 1.41. The monoisotopic (exact) mass is 346 g/mol. The Labute approximate surface area is 145 Å². The Morgan fingerprint density at radius 2 is 2.21 bits per heavy atom. The quantitative estimate of drug-likeness (QED) is 0.817. The zero-order chi connectivity index (χ0) is 16.8. The molecule has 6 heteroatoms. The Morgan fingerprint density at radius 3 is 2.88 bits per heavy atom. The summed E-state index contributed by atoms with van der Waals surface area (Å²) in [5.41, 5.74) is 0. The molecule has 1 saturated heterocycles. The Morgan fingerprint density at radius 1 is 1.38 bits per heavy atom. The van der Waals surface area contributed by atoms with Gasteiger partial charge < -0.3 is 14.5 Å². The number of furan rings is 1. The fraction of sp³-hybridized carbons (Fsp3) is 0.389. The number of carbonyl (C=O) groups excluding carboxylic acids is 1. The van der Waals surface area contributed by atoms with Crippen molar-refractivity contribution >= 4 is 23.3 Å². The van der Waals surface area contributed by atoms with Crippen LogP contribution < -0.4 is 5.32 Å². The highest BCUT2D eigenvalue weighted by molar-refractivity contribution is 7.10. The van der Waals surface area contributed by atoms with Gasteiger partial charge >= 0.3 is 0 Å². The molecule has 1 fully saturated rings. The summed E-state index contributed by atoms with van der Waals surface area (Å²) in [6, 6.07) is 8.09. The molecule has 5 nitrogen and oxygen atoms in total. The van der Waals surface area contributed by atoms with Crippen molar-refractivity contribution in [1.29, 1.82) is 0 Å². The van der Waals surface area contributed by atoms with Gasteiger partial charge in [-0.3, -0.25) is 9.69 Å². The molecule has 2 aromatic rings. The first kappa shape index (κ1) is 17.0. The molecule has 0 radical (unpaired) electrons. The maximum Gasteiger partial charge on any atom is 0.244 e. The van der Waals surface area contributed by atoms with Crippen molar-refractivity contribution in [2.45, 2.75) is 13.0 Å². The number of rotatable bonds is 6. The van der Waals surface area contributed by atoms with Gasteiger partial charge in [-0.15, -0.1) is 11.3 Å². The van der Waals surface area contributed by atoms with Crippen molar-refractivity contribution in [2.24, 2.45) is 0 Å². The van der Waals surface area contributed by atoms with E-state index in [9.17, 15) is 4.79 Å². The average molecular weight is 346 g/mol. The number of thiophene rings is 1. The van der Waals surface area contributed by atoms with Crippen molar-refractivity contribution < 1.29 is 13.9 Å². The molecular formula is C18H22N2O3S. The van der Waals surface area contributed by atoms with E-state index in [-0.39, 0.29) is 11.9 Å². The number of carbonyl (C=O) groups is 1. The second-order valence-electron chi connectivity index (χ2n) is 5.71. The minimum absolute atomic E-state index is 0.112. The standard InChI is InChI=1S/C18H22N2O3S/c1-14-4-5-15(23-14)6-7-18(21)19-13-16(17-3-2-12-24-17)20-8-10-22-11-9-20/h2-7,12,16H,8-11,13H2,1H3,(H,19,21)/b7-6+. The molecule has 1 unspecified atom stereocenters. The molecule has 1 N–H and O–H groups in total. The van der Waals surface area contributed by atoms with E-state index in [1.165, 1.54) is 11.0 Å². The summed E-state index contributed by atoms with van der Waals surface area (Å²) in [5, 5.41) is 5.08. The summed E-state index contributed by atoms with van der Waals surface area (Å²) in [6.07, 6.45) is 3.21. The fourth-order valence-electron chi connectivity index (χ4n) is 2.74. The van der Waals surface area contributed by atoms with Gasteiger partial charge in [-0.25, -0.2) is 0 Å². The average Bonchev–Trinajstić information content (AvgIpc) is 3.26. The second kappa shape index (κ2) is 8.28. The first-order valence-corrected chi connectivity index (χ1v) is 8.98. The van der Waals surface area contributed by atoms with Crippen LogP contribution in [0.1, 0.15) is 22.4 Å². The minimum Gasteiger partial charge on any atom is -0.462 e. The second-order valence-corrected chi connectivity index (χ2v) is 6.69. The molecule has 1 amide bonds. The van der Waals surface area contributed by atoms with Gasteiger partial charge in [0.1, 0.15) is 11.5 Å². The Kier molecular flexibility index (Phi) is 5.85. The fourth-order valence-corrected chi connectivity index (χ4v) is 3.60. The lowest BCUT2D eigenvalue weighted by atomic mass is 10.2. The summed E-state index contributed by atoms with van der Waals surface area (Å²) in [4.78, 5) is 15.7. The van der Waals surface area contributed by atoms with Crippen LogP contribution in [0, 0.1) is 6.92 Å². The molecule has 1 aliphatic rings. The number of amides is 1. The molecule has 3 heterocycles. The molecule has 0 saturated carbocycles. The van der Waals surface area contributed by atoms with E-state index in [1.807, 2.05) is 19.1 Å². The third-order valence-electron chi connectivity index (χ3n) is 3.99. The highest BCUT2D eigenvalue weighted by Crippen LogP contribution is 2.25. The van der Waals surface area contributed by atoms with Crippen LogP contribution in [0.4, 0.5) is 0 Å². The van der Waals surface area contributed by atoms with Crippen molar-refractivity contribution in [3.05, 3.63) is 52.1 Å². The molecule has 1 atom stereocenters. The summed E-state index contributed by atoms with van der Waals surface area (Å²) in [7, 11) is 0. The predicted molar refractivity (Wildman–Crippen MR) is 94.9 cm³/mol. The molecule has 1 aliphatic heterocycles. The maximum absolute atomic E-state index is 12.1.